The second kappa shape index (κ2) is 7.80. The maximum Gasteiger partial charge on any atom is 0.253 e. The van der Waals surface area contributed by atoms with Crippen LogP contribution in [-0.4, -0.2) is 45.5 Å². The van der Waals surface area contributed by atoms with Crippen LogP contribution in [0, 0.1) is 0 Å². The highest BCUT2D eigenvalue weighted by Crippen LogP contribution is 2.44. The zero-order valence-corrected chi connectivity index (χ0v) is 17.3. The summed E-state index contributed by atoms with van der Waals surface area (Å²) in [5.74, 6) is -1.67. The van der Waals surface area contributed by atoms with Gasteiger partial charge >= 0.3 is 0 Å². The maximum atomic E-state index is 12.7. The molecule has 2 aromatic rings. The van der Waals surface area contributed by atoms with E-state index in [-0.39, 0.29) is 0 Å². The molecule has 31 heavy (non-hydrogen) atoms. The molecule has 4 amide bonds. The zero-order valence-electron chi connectivity index (χ0n) is 17.3. The Morgan fingerprint density at radius 2 is 0.839 bits per heavy atom. The van der Waals surface area contributed by atoms with Crippen LogP contribution in [0.5, 0.6) is 0 Å². The standard InChI is InChI=1S/C25H22N2O4/c1-17(26-21(28)13-14-22(26)29)25(19-9-5-3-6-10-19,20-11-7-4-8-12-20)18(2)27-23(30)15-16-24(27)31/h3-18H,1-2H3. The van der Waals surface area contributed by atoms with Crippen LogP contribution >= 0.6 is 0 Å². The van der Waals surface area contributed by atoms with Crippen LogP contribution in [-0.2, 0) is 24.6 Å². The van der Waals surface area contributed by atoms with Gasteiger partial charge in [0.25, 0.3) is 23.6 Å². The molecule has 0 bridgehead atoms. The summed E-state index contributed by atoms with van der Waals surface area (Å²) in [5.41, 5.74) is 0.527. The molecule has 2 unspecified atom stereocenters. The average Bonchev–Trinajstić information content (AvgIpc) is 3.29. The van der Waals surface area contributed by atoms with Crippen molar-refractivity contribution >= 4 is 23.6 Å². The third kappa shape index (κ3) is 3.11. The Balaban J connectivity index is 2.00. The molecule has 0 spiro atoms. The molecule has 2 aromatic carbocycles. The molecule has 2 aliphatic heterocycles. The van der Waals surface area contributed by atoms with E-state index >= 15 is 0 Å². The highest BCUT2D eigenvalue weighted by Gasteiger charge is 2.53. The summed E-state index contributed by atoms with van der Waals surface area (Å²) < 4.78 is 0. The van der Waals surface area contributed by atoms with Gasteiger partial charge in [0.2, 0.25) is 0 Å². The van der Waals surface area contributed by atoms with Crippen LogP contribution in [0.3, 0.4) is 0 Å². The lowest BCUT2D eigenvalue weighted by Gasteiger charge is -2.49. The number of hydrogen-bond donors (Lipinski definition) is 0. The van der Waals surface area contributed by atoms with E-state index in [1.807, 2.05) is 60.7 Å². The summed E-state index contributed by atoms with van der Waals surface area (Å²) in [4.78, 5) is 53.1. The molecule has 156 valence electrons. The van der Waals surface area contributed by atoms with Gasteiger partial charge in [0.05, 0.1) is 17.5 Å². The van der Waals surface area contributed by atoms with Gasteiger partial charge < -0.3 is 0 Å². The first kappa shape index (κ1) is 20.5. The SMILES string of the molecule is CC(N1C(=O)C=CC1=O)C(c1ccccc1)(c1ccccc1)C(C)N1C(=O)C=CC1=O. The van der Waals surface area contributed by atoms with E-state index < -0.39 is 41.1 Å². The number of benzene rings is 2. The van der Waals surface area contributed by atoms with Crippen LogP contribution in [0.1, 0.15) is 25.0 Å². The molecule has 0 aromatic heterocycles. The molecule has 4 rings (SSSR count). The van der Waals surface area contributed by atoms with Gasteiger partial charge in [-0.2, -0.15) is 0 Å². The monoisotopic (exact) mass is 414 g/mol. The van der Waals surface area contributed by atoms with Gasteiger partial charge in [-0.05, 0) is 25.0 Å². The van der Waals surface area contributed by atoms with Gasteiger partial charge in [-0.25, -0.2) is 0 Å². The van der Waals surface area contributed by atoms with Crippen LogP contribution in [0.15, 0.2) is 85.0 Å². The summed E-state index contributed by atoms with van der Waals surface area (Å²) in [7, 11) is 0. The number of carbonyl (C=O) groups is 4. The first-order chi connectivity index (χ1) is 14.9. The van der Waals surface area contributed by atoms with Crippen molar-refractivity contribution in [2.24, 2.45) is 0 Å². The van der Waals surface area contributed by atoms with Gasteiger partial charge in [0.1, 0.15) is 0 Å². The molecule has 0 saturated heterocycles. The third-order valence-corrected chi connectivity index (χ3v) is 6.28. The summed E-state index contributed by atoms with van der Waals surface area (Å²) >= 11 is 0. The van der Waals surface area contributed by atoms with E-state index in [4.69, 9.17) is 0 Å². The Bertz CT molecular complexity index is 979. The normalized spacial score (nSPS) is 18.3. The second-order valence-electron chi connectivity index (χ2n) is 7.71. The number of hydrogen-bond acceptors (Lipinski definition) is 4. The molecule has 2 atom stereocenters. The molecule has 2 aliphatic rings. The summed E-state index contributed by atoms with van der Waals surface area (Å²) in [6.45, 7) is 3.58. The summed E-state index contributed by atoms with van der Waals surface area (Å²) in [6.07, 6.45) is 4.99. The summed E-state index contributed by atoms with van der Waals surface area (Å²) in [6, 6.07) is 17.4. The van der Waals surface area contributed by atoms with E-state index in [1.54, 1.807) is 13.8 Å². The van der Waals surface area contributed by atoms with Crippen molar-refractivity contribution in [2.45, 2.75) is 31.3 Å². The number of carbonyl (C=O) groups excluding carboxylic acids is 4. The minimum absolute atomic E-state index is 0.418. The molecule has 0 radical (unpaired) electrons. The van der Waals surface area contributed by atoms with Crippen molar-refractivity contribution in [1.29, 1.82) is 0 Å². The van der Waals surface area contributed by atoms with Crippen molar-refractivity contribution in [3.63, 3.8) is 0 Å². The van der Waals surface area contributed by atoms with Gasteiger partial charge in [-0.3, -0.25) is 29.0 Å². The van der Waals surface area contributed by atoms with Crippen molar-refractivity contribution in [3.8, 4) is 0 Å². The van der Waals surface area contributed by atoms with E-state index in [2.05, 4.69) is 0 Å². The smallest absolute Gasteiger partial charge is 0.253 e. The highest BCUT2D eigenvalue weighted by molar-refractivity contribution is 6.14. The van der Waals surface area contributed by atoms with Gasteiger partial charge in [0.15, 0.2) is 0 Å². The topological polar surface area (TPSA) is 74.8 Å². The van der Waals surface area contributed by atoms with Crippen LogP contribution in [0.2, 0.25) is 0 Å². The second-order valence-corrected chi connectivity index (χ2v) is 7.71. The molecular weight excluding hydrogens is 392 g/mol. The minimum atomic E-state index is -1.06. The first-order valence-electron chi connectivity index (χ1n) is 10.1. The number of imide groups is 2. The van der Waals surface area contributed by atoms with E-state index in [0.29, 0.717) is 0 Å². The van der Waals surface area contributed by atoms with E-state index in [0.717, 1.165) is 11.1 Å². The molecular formula is C25H22N2O4. The molecule has 6 heteroatoms. The van der Waals surface area contributed by atoms with Crippen molar-refractivity contribution in [3.05, 3.63) is 96.1 Å². The van der Waals surface area contributed by atoms with Gasteiger partial charge in [0, 0.05) is 24.3 Å². The fourth-order valence-electron chi connectivity index (χ4n) is 4.90. The Kier molecular flexibility index (Phi) is 5.15. The minimum Gasteiger partial charge on any atom is -0.271 e. The Morgan fingerprint density at radius 3 is 1.13 bits per heavy atom. The largest absolute Gasteiger partial charge is 0.271 e. The Labute approximate surface area is 180 Å². The van der Waals surface area contributed by atoms with E-state index in [9.17, 15) is 19.2 Å². The zero-order chi connectivity index (χ0) is 22.2. The lowest BCUT2D eigenvalue weighted by molar-refractivity contribution is -0.143. The molecule has 0 fully saturated rings. The Morgan fingerprint density at radius 1 is 0.548 bits per heavy atom. The average molecular weight is 414 g/mol. The molecule has 6 nitrogen and oxygen atoms in total. The third-order valence-electron chi connectivity index (χ3n) is 6.28. The summed E-state index contributed by atoms with van der Waals surface area (Å²) in [5, 5.41) is 0. The van der Waals surface area contributed by atoms with Gasteiger partial charge in [-0.15, -0.1) is 0 Å². The highest BCUT2D eigenvalue weighted by atomic mass is 16.2. The predicted molar refractivity (Wildman–Crippen MR) is 115 cm³/mol. The fraction of sp³-hybridized carbons (Fsp3) is 0.200. The lowest BCUT2D eigenvalue weighted by atomic mass is 9.64. The lowest BCUT2D eigenvalue weighted by Crippen LogP contribution is -2.62. The number of rotatable bonds is 6. The van der Waals surface area contributed by atoms with Crippen LogP contribution in [0.25, 0.3) is 0 Å². The van der Waals surface area contributed by atoms with Crippen LogP contribution in [0.4, 0.5) is 0 Å². The Hall–Kier alpha value is -3.80. The van der Waals surface area contributed by atoms with E-state index in [1.165, 1.54) is 34.1 Å². The van der Waals surface area contributed by atoms with Crippen molar-refractivity contribution < 1.29 is 19.2 Å². The number of amides is 4. The van der Waals surface area contributed by atoms with Crippen molar-refractivity contribution in [2.75, 3.05) is 0 Å². The fourth-order valence-corrected chi connectivity index (χ4v) is 4.90. The molecule has 2 heterocycles. The molecule has 0 aliphatic carbocycles. The predicted octanol–water partition coefficient (Wildman–Crippen LogP) is 2.60. The molecule has 0 N–H and O–H groups in total. The first-order valence-corrected chi connectivity index (χ1v) is 10.1. The maximum absolute atomic E-state index is 12.7. The van der Waals surface area contributed by atoms with Crippen molar-refractivity contribution in [1.82, 2.24) is 9.80 Å². The molecule has 0 saturated carbocycles. The van der Waals surface area contributed by atoms with Crippen LogP contribution < -0.4 is 0 Å². The quantitative estimate of drug-likeness (QED) is 0.681. The number of nitrogens with zero attached hydrogens (tertiary/aromatic N) is 2. The van der Waals surface area contributed by atoms with Gasteiger partial charge in [-0.1, -0.05) is 60.7 Å².